The van der Waals surface area contributed by atoms with E-state index in [1.807, 2.05) is 0 Å². The fourth-order valence-corrected chi connectivity index (χ4v) is 3.91. The molecule has 1 aliphatic heterocycles. The number of hydrogen-bond acceptors (Lipinski definition) is 4. The summed E-state index contributed by atoms with van der Waals surface area (Å²) in [6.45, 7) is 9.95. The van der Waals surface area contributed by atoms with Crippen LogP contribution in [0.4, 0.5) is 0 Å². The van der Waals surface area contributed by atoms with E-state index < -0.39 is 10.0 Å². The zero-order valence-electron chi connectivity index (χ0n) is 12.5. The normalized spacial score (nSPS) is 18.8. The second-order valence-electron chi connectivity index (χ2n) is 5.79. The highest BCUT2D eigenvalue weighted by Gasteiger charge is 2.30. The summed E-state index contributed by atoms with van der Waals surface area (Å²) in [5.41, 5.74) is 0.604. The van der Waals surface area contributed by atoms with Gasteiger partial charge in [0.2, 0.25) is 10.0 Å². The smallest absolute Gasteiger partial charge is 0.246 e. The molecule has 0 bridgehead atoms. The van der Waals surface area contributed by atoms with Crippen LogP contribution in [-0.2, 0) is 10.0 Å². The highest BCUT2D eigenvalue weighted by atomic mass is 32.2. The highest BCUT2D eigenvalue weighted by Crippen LogP contribution is 2.19. The predicted octanol–water partition coefficient (Wildman–Crippen LogP) is 1.07. The summed E-state index contributed by atoms with van der Waals surface area (Å²) in [5.74, 6) is 0.686. The van der Waals surface area contributed by atoms with Crippen molar-refractivity contribution >= 4 is 10.0 Å². The Labute approximate surface area is 121 Å². The summed E-state index contributed by atoms with van der Waals surface area (Å²) < 4.78 is 26.5. The Kier molecular flexibility index (Phi) is 4.82. The minimum absolute atomic E-state index is 0.299. The fraction of sp³-hybridized carbons (Fsp3) is 0.769. The topological polar surface area (TPSA) is 69.3 Å². The lowest BCUT2D eigenvalue weighted by molar-refractivity contribution is 0.180. The van der Waals surface area contributed by atoms with Crippen molar-refractivity contribution in [3.8, 4) is 0 Å². The van der Waals surface area contributed by atoms with Gasteiger partial charge in [0.25, 0.3) is 0 Å². The molecule has 2 heterocycles. The summed E-state index contributed by atoms with van der Waals surface area (Å²) in [4.78, 5) is 2.64. The SMILES string of the molecule is Cc1[nH]ncc1S(=O)(=O)N1CCN(CCC(C)C)CC1. The molecule has 0 unspecified atom stereocenters. The van der Waals surface area contributed by atoms with Crippen molar-refractivity contribution < 1.29 is 8.42 Å². The zero-order valence-corrected chi connectivity index (χ0v) is 13.3. The second kappa shape index (κ2) is 6.24. The fourth-order valence-electron chi connectivity index (χ4n) is 2.37. The van der Waals surface area contributed by atoms with E-state index in [0.29, 0.717) is 29.6 Å². The summed E-state index contributed by atoms with van der Waals surface area (Å²) in [5, 5.41) is 6.49. The molecule has 20 heavy (non-hydrogen) atoms. The number of piperazine rings is 1. The molecule has 2 rings (SSSR count). The summed E-state index contributed by atoms with van der Waals surface area (Å²) in [6.07, 6.45) is 2.56. The van der Waals surface area contributed by atoms with E-state index in [-0.39, 0.29) is 0 Å². The number of aromatic amines is 1. The molecule has 1 aliphatic rings. The average Bonchev–Trinajstić information content (AvgIpc) is 2.84. The van der Waals surface area contributed by atoms with Crippen LogP contribution in [0.25, 0.3) is 0 Å². The minimum atomic E-state index is -3.39. The molecular formula is C13H24N4O2S. The van der Waals surface area contributed by atoms with E-state index in [2.05, 4.69) is 28.9 Å². The van der Waals surface area contributed by atoms with Crippen LogP contribution in [-0.4, -0.2) is 60.5 Å². The van der Waals surface area contributed by atoms with E-state index in [4.69, 9.17) is 0 Å². The molecule has 0 spiro atoms. The maximum Gasteiger partial charge on any atom is 0.246 e. The molecule has 1 aromatic rings. The van der Waals surface area contributed by atoms with Gasteiger partial charge in [-0.2, -0.15) is 9.40 Å². The Hall–Kier alpha value is -0.920. The molecule has 1 saturated heterocycles. The Morgan fingerprint density at radius 2 is 1.95 bits per heavy atom. The molecule has 1 aromatic heterocycles. The molecule has 0 radical (unpaired) electrons. The maximum atomic E-state index is 12.5. The Morgan fingerprint density at radius 1 is 1.30 bits per heavy atom. The molecule has 114 valence electrons. The van der Waals surface area contributed by atoms with E-state index in [1.54, 1.807) is 11.2 Å². The van der Waals surface area contributed by atoms with Crippen LogP contribution in [0.15, 0.2) is 11.1 Å². The van der Waals surface area contributed by atoms with Gasteiger partial charge in [0, 0.05) is 26.2 Å². The van der Waals surface area contributed by atoms with Crippen molar-refractivity contribution in [3.63, 3.8) is 0 Å². The van der Waals surface area contributed by atoms with Gasteiger partial charge in [-0.05, 0) is 25.8 Å². The van der Waals surface area contributed by atoms with E-state index >= 15 is 0 Å². The third-order valence-corrected chi connectivity index (χ3v) is 5.77. The van der Waals surface area contributed by atoms with Gasteiger partial charge in [-0.3, -0.25) is 5.10 Å². The lowest BCUT2D eigenvalue weighted by Gasteiger charge is -2.34. The van der Waals surface area contributed by atoms with Crippen LogP contribution >= 0.6 is 0 Å². The standard InChI is InChI=1S/C13H24N4O2S/c1-11(2)4-5-16-6-8-17(9-7-16)20(18,19)13-10-14-15-12(13)3/h10-11H,4-9H2,1-3H3,(H,14,15). The molecule has 0 aromatic carbocycles. The third kappa shape index (κ3) is 3.39. The maximum absolute atomic E-state index is 12.5. The van der Waals surface area contributed by atoms with Crippen molar-refractivity contribution in [1.82, 2.24) is 19.4 Å². The quantitative estimate of drug-likeness (QED) is 0.883. The first-order valence-corrected chi connectivity index (χ1v) is 8.57. The zero-order chi connectivity index (χ0) is 14.8. The molecule has 0 amide bonds. The number of nitrogens with zero attached hydrogens (tertiary/aromatic N) is 3. The monoisotopic (exact) mass is 300 g/mol. The van der Waals surface area contributed by atoms with Crippen molar-refractivity contribution in [2.45, 2.75) is 32.1 Å². The van der Waals surface area contributed by atoms with Crippen molar-refractivity contribution in [2.75, 3.05) is 32.7 Å². The number of aryl methyl sites for hydroxylation is 1. The average molecular weight is 300 g/mol. The molecule has 0 atom stereocenters. The van der Waals surface area contributed by atoms with E-state index in [9.17, 15) is 8.42 Å². The van der Waals surface area contributed by atoms with Gasteiger partial charge in [-0.1, -0.05) is 13.8 Å². The largest absolute Gasteiger partial charge is 0.301 e. The molecule has 6 nitrogen and oxygen atoms in total. The lowest BCUT2D eigenvalue weighted by atomic mass is 10.1. The lowest BCUT2D eigenvalue weighted by Crippen LogP contribution is -2.48. The highest BCUT2D eigenvalue weighted by molar-refractivity contribution is 7.89. The number of H-pyrrole nitrogens is 1. The summed E-state index contributed by atoms with van der Waals surface area (Å²) in [7, 11) is -3.39. The Morgan fingerprint density at radius 3 is 2.45 bits per heavy atom. The number of rotatable bonds is 5. The molecule has 1 N–H and O–H groups in total. The first-order valence-electron chi connectivity index (χ1n) is 7.13. The molecule has 1 fully saturated rings. The van der Waals surface area contributed by atoms with Crippen molar-refractivity contribution in [3.05, 3.63) is 11.9 Å². The molecule has 0 aliphatic carbocycles. The third-order valence-electron chi connectivity index (χ3n) is 3.76. The summed E-state index contributed by atoms with van der Waals surface area (Å²) >= 11 is 0. The van der Waals surface area contributed by atoms with Crippen LogP contribution in [0.3, 0.4) is 0 Å². The van der Waals surface area contributed by atoms with Gasteiger partial charge in [0.1, 0.15) is 4.90 Å². The predicted molar refractivity (Wildman–Crippen MR) is 78.0 cm³/mol. The first kappa shape index (κ1) is 15.5. The first-order chi connectivity index (χ1) is 9.41. The van der Waals surface area contributed by atoms with Gasteiger partial charge in [-0.15, -0.1) is 0 Å². The van der Waals surface area contributed by atoms with Gasteiger partial charge < -0.3 is 4.90 Å². The number of sulfonamides is 1. The number of aromatic nitrogens is 2. The van der Waals surface area contributed by atoms with Crippen LogP contribution in [0.5, 0.6) is 0 Å². The van der Waals surface area contributed by atoms with Gasteiger partial charge >= 0.3 is 0 Å². The summed E-state index contributed by atoms with van der Waals surface area (Å²) in [6, 6.07) is 0. The van der Waals surface area contributed by atoms with Gasteiger partial charge in [0.15, 0.2) is 0 Å². The Bertz CT molecular complexity index is 530. The van der Waals surface area contributed by atoms with Crippen molar-refractivity contribution in [2.24, 2.45) is 5.92 Å². The van der Waals surface area contributed by atoms with Gasteiger partial charge in [0.05, 0.1) is 11.9 Å². The second-order valence-corrected chi connectivity index (χ2v) is 7.69. The number of hydrogen-bond donors (Lipinski definition) is 1. The van der Waals surface area contributed by atoms with Crippen molar-refractivity contribution in [1.29, 1.82) is 0 Å². The molecular weight excluding hydrogens is 276 g/mol. The minimum Gasteiger partial charge on any atom is -0.301 e. The van der Waals surface area contributed by atoms with Crippen LogP contribution < -0.4 is 0 Å². The molecule has 0 saturated carbocycles. The van der Waals surface area contributed by atoms with E-state index in [1.165, 1.54) is 6.20 Å². The van der Waals surface area contributed by atoms with Crippen LogP contribution in [0.2, 0.25) is 0 Å². The van der Waals surface area contributed by atoms with Crippen LogP contribution in [0, 0.1) is 12.8 Å². The Balaban J connectivity index is 1.95. The molecule has 7 heteroatoms. The number of nitrogens with one attached hydrogen (secondary N) is 1. The van der Waals surface area contributed by atoms with Crippen LogP contribution in [0.1, 0.15) is 26.0 Å². The van der Waals surface area contributed by atoms with Gasteiger partial charge in [-0.25, -0.2) is 8.42 Å². The van der Waals surface area contributed by atoms with E-state index in [0.717, 1.165) is 26.1 Å².